The van der Waals surface area contributed by atoms with Crippen molar-refractivity contribution in [3.8, 4) is 5.75 Å². The van der Waals surface area contributed by atoms with Gasteiger partial charge in [-0.2, -0.15) is 0 Å². The molecule has 21 heavy (non-hydrogen) atoms. The van der Waals surface area contributed by atoms with Crippen molar-refractivity contribution in [1.82, 2.24) is 5.32 Å². The normalized spacial score (nSPS) is 15.7. The molecule has 1 aliphatic rings. The molecule has 1 aromatic rings. The molecule has 0 aromatic heterocycles. The number of morpholine rings is 1. The van der Waals surface area contributed by atoms with Crippen LogP contribution in [-0.2, 0) is 9.53 Å². The average molecular weight is 293 g/mol. The highest BCUT2D eigenvalue weighted by Gasteiger charge is 2.12. The van der Waals surface area contributed by atoms with Gasteiger partial charge in [0.25, 0.3) is 5.91 Å². The number of hydrogen-bond donors (Lipinski definition) is 2. The molecule has 116 valence electrons. The second kappa shape index (κ2) is 8.64. The van der Waals surface area contributed by atoms with Gasteiger partial charge < -0.3 is 19.7 Å². The first-order valence-corrected chi connectivity index (χ1v) is 7.61. The van der Waals surface area contributed by atoms with Crippen molar-refractivity contribution in [3.63, 3.8) is 0 Å². The fourth-order valence-corrected chi connectivity index (χ4v) is 2.31. The smallest absolute Gasteiger partial charge is 0.257 e. The largest absolute Gasteiger partial charge is 0.484 e. The number of hydrogen-bond acceptors (Lipinski definition) is 3. The molecule has 5 heteroatoms. The van der Waals surface area contributed by atoms with E-state index >= 15 is 0 Å². The van der Waals surface area contributed by atoms with Gasteiger partial charge in [0, 0.05) is 13.0 Å². The van der Waals surface area contributed by atoms with Gasteiger partial charge in [-0.15, -0.1) is 0 Å². The van der Waals surface area contributed by atoms with Gasteiger partial charge in [0.2, 0.25) is 0 Å². The summed E-state index contributed by atoms with van der Waals surface area (Å²) in [5.41, 5.74) is 1.18. The Hall–Kier alpha value is -1.59. The first-order valence-electron chi connectivity index (χ1n) is 7.61. The third-order valence-electron chi connectivity index (χ3n) is 3.62. The number of carbonyl (C=O) groups is 1. The second-order valence-electron chi connectivity index (χ2n) is 5.42. The van der Waals surface area contributed by atoms with Crippen LogP contribution < -0.4 is 15.0 Å². The van der Waals surface area contributed by atoms with Gasteiger partial charge in [0.15, 0.2) is 6.61 Å². The molecule has 0 unspecified atom stereocenters. The summed E-state index contributed by atoms with van der Waals surface area (Å²) in [4.78, 5) is 13.2. The lowest BCUT2D eigenvalue weighted by atomic mass is 10.2. The van der Waals surface area contributed by atoms with Crippen LogP contribution in [-0.4, -0.2) is 51.9 Å². The molecule has 0 bridgehead atoms. The molecule has 1 amide bonds. The van der Waals surface area contributed by atoms with E-state index in [1.54, 1.807) is 4.90 Å². The predicted octanol–water partition coefficient (Wildman–Crippen LogP) is -0.205. The van der Waals surface area contributed by atoms with E-state index in [9.17, 15) is 4.79 Å². The van der Waals surface area contributed by atoms with Gasteiger partial charge in [0.05, 0.1) is 19.8 Å². The van der Waals surface area contributed by atoms with Crippen molar-refractivity contribution in [3.05, 3.63) is 29.8 Å². The van der Waals surface area contributed by atoms with Crippen LogP contribution in [0.5, 0.6) is 5.75 Å². The van der Waals surface area contributed by atoms with Gasteiger partial charge in [-0.3, -0.25) is 4.79 Å². The topological polar surface area (TPSA) is 52.0 Å². The summed E-state index contributed by atoms with van der Waals surface area (Å²) in [6.07, 6.45) is 0.992. The van der Waals surface area contributed by atoms with Crippen molar-refractivity contribution in [2.24, 2.45) is 0 Å². The Morgan fingerprint density at radius 1 is 1.29 bits per heavy atom. The summed E-state index contributed by atoms with van der Waals surface area (Å²) >= 11 is 0. The second-order valence-corrected chi connectivity index (χ2v) is 5.42. The van der Waals surface area contributed by atoms with E-state index in [1.165, 1.54) is 5.56 Å². The Kier molecular flexibility index (Phi) is 6.50. The summed E-state index contributed by atoms with van der Waals surface area (Å²) in [6, 6.07) is 7.70. The molecule has 0 atom stereocenters. The number of amides is 1. The molecular weight excluding hydrogens is 268 g/mol. The van der Waals surface area contributed by atoms with Gasteiger partial charge >= 0.3 is 0 Å². The molecule has 1 saturated heterocycles. The Balaban J connectivity index is 1.54. The molecular formula is C16H25N2O3+. The van der Waals surface area contributed by atoms with E-state index in [1.807, 2.05) is 31.2 Å². The van der Waals surface area contributed by atoms with Crippen molar-refractivity contribution in [1.29, 1.82) is 0 Å². The van der Waals surface area contributed by atoms with Crippen LogP contribution >= 0.6 is 0 Å². The van der Waals surface area contributed by atoms with Crippen molar-refractivity contribution >= 4 is 5.91 Å². The highest BCUT2D eigenvalue weighted by molar-refractivity contribution is 5.77. The zero-order chi connectivity index (χ0) is 14.9. The molecule has 0 radical (unpaired) electrons. The summed E-state index contributed by atoms with van der Waals surface area (Å²) in [5.74, 6) is 0.668. The SMILES string of the molecule is Cc1ccc(OCC(=O)NCCC[NH+]2CCOCC2)cc1. The fourth-order valence-electron chi connectivity index (χ4n) is 2.31. The van der Waals surface area contributed by atoms with Gasteiger partial charge in [-0.05, 0) is 19.1 Å². The zero-order valence-electron chi connectivity index (χ0n) is 12.7. The average Bonchev–Trinajstić information content (AvgIpc) is 2.52. The maximum absolute atomic E-state index is 11.7. The molecule has 1 fully saturated rings. The van der Waals surface area contributed by atoms with Crippen LogP contribution in [0.4, 0.5) is 0 Å². The Morgan fingerprint density at radius 3 is 2.71 bits per heavy atom. The van der Waals surface area contributed by atoms with Crippen LogP contribution in [0, 0.1) is 6.92 Å². The number of nitrogens with one attached hydrogen (secondary N) is 2. The number of ether oxygens (including phenoxy) is 2. The Labute approximate surface area is 126 Å². The van der Waals surface area contributed by atoms with Gasteiger partial charge in [-0.25, -0.2) is 0 Å². The van der Waals surface area contributed by atoms with Crippen molar-refractivity contribution in [2.75, 3.05) is 46.0 Å². The molecule has 0 aliphatic carbocycles. The molecule has 1 aliphatic heterocycles. The first kappa shape index (κ1) is 15.8. The van der Waals surface area contributed by atoms with E-state index in [2.05, 4.69) is 5.32 Å². The Morgan fingerprint density at radius 2 is 2.00 bits per heavy atom. The van der Waals surface area contributed by atoms with Crippen LogP contribution in [0.1, 0.15) is 12.0 Å². The first-order chi connectivity index (χ1) is 10.2. The van der Waals surface area contributed by atoms with Crippen LogP contribution in [0.15, 0.2) is 24.3 Å². The van der Waals surface area contributed by atoms with Gasteiger partial charge in [0.1, 0.15) is 18.8 Å². The minimum Gasteiger partial charge on any atom is -0.484 e. The predicted molar refractivity (Wildman–Crippen MR) is 80.7 cm³/mol. The summed E-state index contributed by atoms with van der Waals surface area (Å²) in [5, 5.41) is 2.90. The lowest BCUT2D eigenvalue weighted by Crippen LogP contribution is -3.14. The number of benzene rings is 1. The number of carbonyl (C=O) groups excluding carboxylic acids is 1. The summed E-state index contributed by atoms with van der Waals surface area (Å²) in [7, 11) is 0. The Bertz CT molecular complexity index is 428. The van der Waals surface area contributed by atoms with Crippen LogP contribution in [0.3, 0.4) is 0 Å². The molecule has 2 rings (SSSR count). The number of rotatable bonds is 7. The van der Waals surface area contributed by atoms with Gasteiger partial charge in [-0.1, -0.05) is 17.7 Å². The third-order valence-corrected chi connectivity index (χ3v) is 3.62. The molecule has 1 heterocycles. The maximum atomic E-state index is 11.7. The summed E-state index contributed by atoms with van der Waals surface area (Å²) in [6.45, 7) is 7.75. The van der Waals surface area contributed by atoms with E-state index < -0.39 is 0 Å². The van der Waals surface area contributed by atoms with Crippen molar-refractivity contribution in [2.45, 2.75) is 13.3 Å². The van der Waals surface area contributed by atoms with E-state index in [4.69, 9.17) is 9.47 Å². The van der Waals surface area contributed by atoms with Crippen LogP contribution in [0.25, 0.3) is 0 Å². The number of quaternary nitrogens is 1. The van der Waals surface area contributed by atoms with E-state index in [0.29, 0.717) is 6.54 Å². The monoisotopic (exact) mass is 293 g/mol. The highest BCUT2D eigenvalue weighted by atomic mass is 16.5. The molecule has 0 spiro atoms. The third kappa shape index (κ3) is 6.14. The molecule has 0 saturated carbocycles. The van der Waals surface area contributed by atoms with Crippen molar-refractivity contribution < 1.29 is 19.2 Å². The standard InChI is InChI=1S/C16H24N2O3/c1-14-3-5-15(6-4-14)21-13-16(19)17-7-2-8-18-9-11-20-12-10-18/h3-6H,2,7-13H2,1H3,(H,17,19)/p+1. The fraction of sp³-hybridized carbons (Fsp3) is 0.562. The molecule has 2 N–H and O–H groups in total. The minimum atomic E-state index is -0.0625. The van der Waals surface area contributed by atoms with E-state index in [-0.39, 0.29) is 12.5 Å². The van der Waals surface area contributed by atoms with Crippen LogP contribution in [0.2, 0.25) is 0 Å². The quantitative estimate of drug-likeness (QED) is 0.684. The minimum absolute atomic E-state index is 0.0625. The molecule has 1 aromatic carbocycles. The lowest BCUT2D eigenvalue weighted by Gasteiger charge is -2.23. The van der Waals surface area contributed by atoms with E-state index in [0.717, 1.165) is 45.0 Å². The lowest BCUT2D eigenvalue weighted by molar-refractivity contribution is -0.908. The maximum Gasteiger partial charge on any atom is 0.257 e. The highest BCUT2D eigenvalue weighted by Crippen LogP contribution is 2.10. The number of aryl methyl sites for hydroxylation is 1. The summed E-state index contributed by atoms with van der Waals surface area (Å²) < 4.78 is 10.8. The zero-order valence-corrected chi connectivity index (χ0v) is 12.7. The molecule has 5 nitrogen and oxygen atoms in total.